The number of carbonyl (C=O) groups excluding carboxylic acids is 1. The van der Waals surface area contributed by atoms with Crippen molar-refractivity contribution in [1.29, 1.82) is 0 Å². The number of hydrogen-bond acceptors (Lipinski definition) is 2. The molecule has 1 fully saturated rings. The Morgan fingerprint density at radius 1 is 1.50 bits per heavy atom. The van der Waals surface area contributed by atoms with Gasteiger partial charge in [0.1, 0.15) is 5.82 Å². The van der Waals surface area contributed by atoms with E-state index >= 15 is 0 Å². The number of halogens is 1. The predicted octanol–water partition coefficient (Wildman–Crippen LogP) is 1.95. The van der Waals surface area contributed by atoms with Gasteiger partial charge in [-0.1, -0.05) is 6.07 Å². The van der Waals surface area contributed by atoms with Crippen molar-refractivity contribution in [3.8, 4) is 0 Å². The first-order valence-corrected chi connectivity index (χ1v) is 5.38. The fraction of sp³-hybridized carbons (Fsp3) is 0.417. The average molecular weight is 222 g/mol. The van der Waals surface area contributed by atoms with E-state index in [1.807, 2.05) is 0 Å². The van der Waals surface area contributed by atoms with Crippen molar-refractivity contribution in [2.75, 3.05) is 5.32 Å². The standard InChI is InChI=1S/C12H15FN2O/c1-8-9(13)4-2-5-10(8)15-11(16)12(14)6-3-7-12/h2,4-5H,3,6-7,14H2,1H3,(H,15,16). The maximum Gasteiger partial charge on any atom is 0.244 e. The van der Waals surface area contributed by atoms with Gasteiger partial charge in [0.05, 0.1) is 5.54 Å². The summed E-state index contributed by atoms with van der Waals surface area (Å²) in [7, 11) is 0. The molecule has 0 atom stereocenters. The van der Waals surface area contributed by atoms with Crippen molar-refractivity contribution in [2.45, 2.75) is 31.7 Å². The molecule has 0 aliphatic heterocycles. The van der Waals surface area contributed by atoms with Crippen LogP contribution in [0.2, 0.25) is 0 Å². The first-order valence-electron chi connectivity index (χ1n) is 5.38. The van der Waals surface area contributed by atoms with Gasteiger partial charge in [0, 0.05) is 11.3 Å². The van der Waals surface area contributed by atoms with E-state index in [0.717, 1.165) is 6.42 Å². The molecule has 3 nitrogen and oxygen atoms in total. The van der Waals surface area contributed by atoms with E-state index in [9.17, 15) is 9.18 Å². The lowest BCUT2D eigenvalue weighted by Crippen LogP contribution is -2.56. The van der Waals surface area contributed by atoms with Crippen LogP contribution in [0.1, 0.15) is 24.8 Å². The normalized spacial score (nSPS) is 17.7. The van der Waals surface area contributed by atoms with Crippen molar-refractivity contribution >= 4 is 11.6 Å². The minimum absolute atomic E-state index is 0.215. The van der Waals surface area contributed by atoms with Crippen LogP contribution in [0, 0.1) is 12.7 Å². The number of nitrogens with two attached hydrogens (primary N) is 1. The van der Waals surface area contributed by atoms with Crippen molar-refractivity contribution in [3.63, 3.8) is 0 Å². The van der Waals surface area contributed by atoms with Crippen LogP contribution < -0.4 is 11.1 Å². The zero-order chi connectivity index (χ0) is 11.8. The summed E-state index contributed by atoms with van der Waals surface area (Å²) in [6.45, 7) is 1.63. The number of anilines is 1. The SMILES string of the molecule is Cc1c(F)cccc1NC(=O)C1(N)CCC1. The fourth-order valence-corrected chi connectivity index (χ4v) is 1.77. The van der Waals surface area contributed by atoms with Gasteiger partial charge >= 0.3 is 0 Å². The minimum atomic E-state index is -0.751. The Labute approximate surface area is 93.8 Å². The molecule has 2 rings (SSSR count). The summed E-state index contributed by atoms with van der Waals surface area (Å²) >= 11 is 0. The molecule has 1 amide bonds. The highest BCUT2D eigenvalue weighted by atomic mass is 19.1. The van der Waals surface area contributed by atoms with Crippen LogP contribution in [0.15, 0.2) is 18.2 Å². The number of benzene rings is 1. The van der Waals surface area contributed by atoms with Crippen LogP contribution in [-0.4, -0.2) is 11.4 Å². The summed E-state index contributed by atoms with van der Waals surface area (Å²) in [5, 5.41) is 2.69. The molecule has 0 saturated heterocycles. The van der Waals surface area contributed by atoms with Gasteiger partial charge in [0.15, 0.2) is 0 Å². The summed E-state index contributed by atoms with van der Waals surface area (Å²) in [5.74, 6) is -0.537. The molecule has 0 bridgehead atoms. The summed E-state index contributed by atoms with van der Waals surface area (Å²) in [6.07, 6.45) is 2.38. The lowest BCUT2D eigenvalue weighted by Gasteiger charge is -2.36. The first kappa shape index (κ1) is 11.1. The number of amides is 1. The molecule has 0 spiro atoms. The van der Waals surface area contributed by atoms with Crippen LogP contribution in [0.5, 0.6) is 0 Å². The van der Waals surface area contributed by atoms with Gasteiger partial charge < -0.3 is 11.1 Å². The summed E-state index contributed by atoms with van der Waals surface area (Å²) < 4.78 is 13.2. The zero-order valence-electron chi connectivity index (χ0n) is 9.22. The summed E-state index contributed by atoms with van der Waals surface area (Å²) in [4.78, 5) is 11.8. The minimum Gasteiger partial charge on any atom is -0.324 e. The highest BCUT2D eigenvalue weighted by Gasteiger charge is 2.40. The molecule has 1 aliphatic carbocycles. The smallest absolute Gasteiger partial charge is 0.244 e. The molecule has 1 saturated carbocycles. The highest BCUT2D eigenvalue weighted by Crippen LogP contribution is 2.30. The zero-order valence-corrected chi connectivity index (χ0v) is 9.22. The van der Waals surface area contributed by atoms with E-state index in [4.69, 9.17) is 5.73 Å². The molecule has 1 aromatic rings. The fourth-order valence-electron chi connectivity index (χ4n) is 1.77. The van der Waals surface area contributed by atoms with Crippen molar-refractivity contribution in [1.82, 2.24) is 0 Å². The van der Waals surface area contributed by atoms with Gasteiger partial charge in [0.2, 0.25) is 5.91 Å². The molecular weight excluding hydrogens is 207 g/mol. The highest BCUT2D eigenvalue weighted by molar-refractivity contribution is 5.99. The second-order valence-electron chi connectivity index (χ2n) is 4.38. The monoisotopic (exact) mass is 222 g/mol. The van der Waals surface area contributed by atoms with Gasteiger partial charge in [-0.3, -0.25) is 4.79 Å². The lowest BCUT2D eigenvalue weighted by molar-refractivity contribution is -0.123. The van der Waals surface area contributed by atoms with Gasteiger partial charge in [-0.05, 0) is 38.3 Å². The lowest BCUT2D eigenvalue weighted by atomic mass is 9.77. The van der Waals surface area contributed by atoms with Gasteiger partial charge in [0.25, 0.3) is 0 Å². The third-order valence-corrected chi connectivity index (χ3v) is 3.21. The van der Waals surface area contributed by atoms with Crippen molar-refractivity contribution in [2.24, 2.45) is 5.73 Å². The van der Waals surface area contributed by atoms with E-state index in [1.165, 1.54) is 6.07 Å². The van der Waals surface area contributed by atoms with Crippen molar-refractivity contribution in [3.05, 3.63) is 29.6 Å². The number of hydrogen-bond donors (Lipinski definition) is 2. The summed E-state index contributed by atoms with van der Waals surface area (Å²) in [5.41, 5.74) is 6.07. The third-order valence-electron chi connectivity index (χ3n) is 3.21. The molecule has 1 aliphatic rings. The third kappa shape index (κ3) is 1.80. The van der Waals surface area contributed by atoms with Gasteiger partial charge in [-0.2, -0.15) is 0 Å². The molecule has 4 heteroatoms. The Hall–Kier alpha value is -1.42. The Balaban J connectivity index is 2.15. The molecule has 16 heavy (non-hydrogen) atoms. The van der Waals surface area contributed by atoms with Gasteiger partial charge in [-0.25, -0.2) is 4.39 Å². The molecule has 0 radical (unpaired) electrons. The van der Waals surface area contributed by atoms with E-state index in [2.05, 4.69) is 5.32 Å². The molecular formula is C12H15FN2O. The van der Waals surface area contributed by atoms with Crippen LogP contribution in [0.4, 0.5) is 10.1 Å². The topological polar surface area (TPSA) is 55.1 Å². The molecule has 0 unspecified atom stereocenters. The summed E-state index contributed by atoms with van der Waals surface area (Å²) in [6, 6.07) is 4.62. The quantitative estimate of drug-likeness (QED) is 0.803. The average Bonchev–Trinajstić information content (AvgIpc) is 2.21. The van der Waals surface area contributed by atoms with Crippen LogP contribution in [-0.2, 0) is 4.79 Å². The maximum atomic E-state index is 13.2. The Morgan fingerprint density at radius 2 is 2.19 bits per heavy atom. The molecule has 1 aromatic carbocycles. The molecule has 86 valence electrons. The number of nitrogens with one attached hydrogen (secondary N) is 1. The second-order valence-corrected chi connectivity index (χ2v) is 4.38. The Kier molecular flexibility index (Phi) is 2.68. The van der Waals surface area contributed by atoms with E-state index in [-0.39, 0.29) is 11.7 Å². The number of rotatable bonds is 2. The van der Waals surface area contributed by atoms with Crippen molar-refractivity contribution < 1.29 is 9.18 Å². The second kappa shape index (κ2) is 3.87. The molecule has 3 N–H and O–H groups in total. The van der Waals surface area contributed by atoms with E-state index in [0.29, 0.717) is 24.1 Å². The van der Waals surface area contributed by atoms with E-state index < -0.39 is 5.54 Å². The first-order chi connectivity index (χ1) is 7.53. The molecule has 0 heterocycles. The predicted molar refractivity (Wildman–Crippen MR) is 60.5 cm³/mol. The maximum absolute atomic E-state index is 13.2. The number of carbonyl (C=O) groups is 1. The van der Waals surface area contributed by atoms with Crippen LogP contribution >= 0.6 is 0 Å². The Morgan fingerprint density at radius 3 is 2.75 bits per heavy atom. The largest absolute Gasteiger partial charge is 0.324 e. The van der Waals surface area contributed by atoms with Crippen LogP contribution in [0.25, 0.3) is 0 Å². The van der Waals surface area contributed by atoms with Gasteiger partial charge in [-0.15, -0.1) is 0 Å². The molecule has 0 aromatic heterocycles. The Bertz CT molecular complexity index is 427. The van der Waals surface area contributed by atoms with Crippen LogP contribution in [0.3, 0.4) is 0 Å². The van der Waals surface area contributed by atoms with E-state index in [1.54, 1.807) is 19.1 Å².